The maximum atomic E-state index is 14.2. The first kappa shape index (κ1) is 19.0. The number of amides is 2. The van der Waals surface area contributed by atoms with Gasteiger partial charge in [0.15, 0.2) is 0 Å². The Morgan fingerprint density at radius 2 is 2.07 bits per heavy atom. The van der Waals surface area contributed by atoms with Crippen molar-refractivity contribution < 1.29 is 22.8 Å². The van der Waals surface area contributed by atoms with Crippen molar-refractivity contribution in [2.24, 2.45) is 5.92 Å². The van der Waals surface area contributed by atoms with Crippen molar-refractivity contribution in [2.45, 2.75) is 50.4 Å². The number of para-hydroxylation sites is 1. The number of alkyl halides is 3. The lowest BCUT2D eigenvalue weighted by Crippen LogP contribution is -2.63. The minimum atomic E-state index is -5.08. The molecule has 4 rings (SSSR count). The van der Waals surface area contributed by atoms with Crippen LogP contribution in [0.3, 0.4) is 0 Å². The van der Waals surface area contributed by atoms with E-state index in [1.54, 1.807) is 0 Å². The maximum Gasteiger partial charge on any atom is 0.440 e. The number of benzene rings is 1. The van der Waals surface area contributed by atoms with Gasteiger partial charge in [-0.3, -0.25) is 19.5 Å². The van der Waals surface area contributed by atoms with E-state index < -0.39 is 23.7 Å². The standard InChI is InChI=1S/C18H18ClF3N4O2/c19-11-6-3-7-12-14(11)23-16-24-15(28)17(26(12)16,18(20,21)22)25-13(27)9-8-10-4-1-2-5-10/h3,6-7,10H,1-2,4-5,8-9H2,(H,25,27)(H,23,24,28). The number of hydrogen-bond donors (Lipinski definition) is 2. The summed E-state index contributed by atoms with van der Waals surface area (Å²) in [6.45, 7) is 0. The van der Waals surface area contributed by atoms with Gasteiger partial charge in [-0.15, -0.1) is 0 Å². The molecule has 1 unspecified atom stereocenters. The summed E-state index contributed by atoms with van der Waals surface area (Å²) in [6, 6.07) is 4.33. The number of fused-ring (bicyclic) bond motifs is 3. The van der Waals surface area contributed by atoms with Crippen LogP contribution in [0.1, 0.15) is 38.5 Å². The van der Waals surface area contributed by atoms with Crippen LogP contribution in [0, 0.1) is 5.92 Å². The molecule has 0 bridgehead atoms. The van der Waals surface area contributed by atoms with E-state index in [0.717, 1.165) is 25.7 Å². The summed E-state index contributed by atoms with van der Waals surface area (Å²) >= 11 is 6.04. The zero-order valence-corrected chi connectivity index (χ0v) is 15.5. The molecule has 2 heterocycles. The Labute approximate surface area is 163 Å². The van der Waals surface area contributed by atoms with Crippen LogP contribution in [0.2, 0.25) is 5.02 Å². The van der Waals surface area contributed by atoms with Crippen molar-refractivity contribution >= 4 is 40.4 Å². The minimum absolute atomic E-state index is 0.00858. The van der Waals surface area contributed by atoms with Gasteiger partial charge < -0.3 is 5.32 Å². The summed E-state index contributed by atoms with van der Waals surface area (Å²) in [5, 5.41) is 4.25. The van der Waals surface area contributed by atoms with Gasteiger partial charge in [0.2, 0.25) is 11.9 Å². The molecule has 28 heavy (non-hydrogen) atoms. The number of hydrogen-bond acceptors (Lipinski definition) is 3. The molecule has 1 fully saturated rings. The van der Waals surface area contributed by atoms with Gasteiger partial charge in [-0.05, 0) is 24.5 Å². The van der Waals surface area contributed by atoms with Crippen LogP contribution in [0.4, 0.5) is 19.1 Å². The molecule has 1 aromatic heterocycles. The Bertz CT molecular complexity index is 952. The molecule has 0 radical (unpaired) electrons. The number of nitrogens with zero attached hydrogens (tertiary/aromatic N) is 2. The van der Waals surface area contributed by atoms with Gasteiger partial charge in [0.25, 0.3) is 11.6 Å². The summed E-state index contributed by atoms with van der Waals surface area (Å²) in [4.78, 5) is 28.9. The van der Waals surface area contributed by atoms with Crippen molar-refractivity contribution in [3.63, 3.8) is 0 Å². The second-order valence-electron chi connectivity index (χ2n) is 7.28. The number of imidazole rings is 1. The van der Waals surface area contributed by atoms with Gasteiger partial charge in [-0.25, -0.2) is 4.98 Å². The van der Waals surface area contributed by atoms with Crippen molar-refractivity contribution in [3.8, 4) is 0 Å². The first-order valence-electron chi connectivity index (χ1n) is 9.10. The number of aromatic nitrogens is 2. The molecule has 1 aliphatic heterocycles. The number of nitrogens with one attached hydrogen (secondary N) is 2. The Kier molecular flexibility index (Phi) is 4.52. The average molecular weight is 415 g/mol. The second-order valence-corrected chi connectivity index (χ2v) is 7.69. The van der Waals surface area contributed by atoms with Gasteiger partial charge in [0.1, 0.15) is 5.52 Å². The molecule has 1 saturated carbocycles. The number of anilines is 1. The molecule has 2 amide bonds. The van der Waals surface area contributed by atoms with Crippen LogP contribution in [-0.2, 0) is 15.3 Å². The fourth-order valence-electron chi connectivity index (χ4n) is 4.12. The molecule has 2 aromatic rings. The van der Waals surface area contributed by atoms with Crippen LogP contribution >= 0.6 is 11.6 Å². The first-order valence-corrected chi connectivity index (χ1v) is 9.48. The van der Waals surface area contributed by atoms with Crippen molar-refractivity contribution in [1.82, 2.24) is 14.9 Å². The van der Waals surface area contributed by atoms with Crippen LogP contribution in [0.5, 0.6) is 0 Å². The smallest absolute Gasteiger partial charge is 0.317 e. The fraction of sp³-hybridized carbons (Fsp3) is 0.500. The lowest BCUT2D eigenvalue weighted by molar-refractivity contribution is -0.217. The van der Waals surface area contributed by atoms with Crippen LogP contribution in [0.25, 0.3) is 11.0 Å². The topological polar surface area (TPSA) is 76.0 Å². The summed E-state index contributed by atoms with van der Waals surface area (Å²) < 4.78 is 43.3. The molecule has 2 N–H and O–H groups in total. The molecule has 6 nitrogen and oxygen atoms in total. The Morgan fingerprint density at radius 1 is 1.36 bits per heavy atom. The predicted molar refractivity (Wildman–Crippen MR) is 96.7 cm³/mol. The molecule has 2 aliphatic rings. The largest absolute Gasteiger partial charge is 0.440 e. The summed E-state index contributed by atoms with van der Waals surface area (Å²) in [6.07, 6.45) is -0.539. The Balaban J connectivity index is 1.72. The van der Waals surface area contributed by atoms with E-state index in [-0.39, 0.29) is 28.4 Å². The second kappa shape index (κ2) is 6.65. The number of carbonyl (C=O) groups excluding carboxylic acids is 2. The molecule has 10 heteroatoms. The maximum absolute atomic E-state index is 14.2. The van der Waals surface area contributed by atoms with E-state index in [2.05, 4.69) is 10.3 Å². The molecular formula is C18H18ClF3N4O2. The van der Waals surface area contributed by atoms with Crippen LogP contribution in [0.15, 0.2) is 18.2 Å². The van der Waals surface area contributed by atoms with Crippen LogP contribution < -0.4 is 10.6 Å². The normalized spacial score (nSPS) is 22.5. The van der Waals surface area contributed by atoms with Gasteiger partial charge in [-0.2, -0.15) is 13.2 Å². The highest BCUT2D eigenvalue weighted by atomic mass is 35.5. The van der Waals surface area contributed by atoms with Crippen LogP contribution in [-0.4, -0.2) is 27.5 Å². The number of carbonyl (C=O) groups is 2. The number of halogens is 4. The molecule has 0 spiro atoms. The lowest BCUT2D eigenvalue weighted by Gasteiger charge is -2.32. The van der Waals surface area contributed by atoms with Crippen molar-refractivity contribution in [3.05, 3.63) is 23.2 Å². The molecule has 0 saturated heterocycles. The SMILES string of the molecule is O=C(CCC1CCCC1)NC1(C(F)(F)F)C(=O)Nc2nc3c(Cl)cccc3n21. The third kappa shape index (κ3) is 2.83. The molecular weight excluding hydrogens is 397 g/mol. The van der Waals surface area contributed by atoms with Crippen molar-refractivity contribution in [1.29, 1.82) is 0 Å². The first-order chi connectivity index (χ1) is 13.2. The van der Waals surface area contributed by atoms with E-state index in [0.29, 0.717) is 16.9 Å². The molecule has 1 atom stereocenters. The zero-order valence-electron chi connectivity index (χ0n) is 14.8. The monoisotopic (exact) mass is 414 g/mol. The predicted octanol–water partition coefficient (Wildman–Crippen LogP) is 3.94. The lowest BCUT2D eigenvalue weighted by atomic mass is 10.0. The summed E-state index contributed by atoms with van der Waals surface area (Å²) in [5.41, 5.74) is -3.13. The fourth-order valence-corrected chi connectivity index (χ4v) is 4.33. The Morgan fingerprint density at radius 3 is 2.75 bits per heavy atom. The van der Waals surface area contributed by atoms with Gasteiger partial charge in [0.05, 0.1) is 10.5 Å². The summed E-state index contributed by atoms with van der Waals surface area (Å²) in [7, 11) is 0. The Hall–Kier alpha value is -2.29. The van der Waals surface area contributed by atoms with E-state index in [1.165, 1.54) is 18.2 Å². The van der Waals surface area contributed by atoms with Crippen molar-refractivity contribution in [2.75, 3.05) is 5.32 Å². The van der Waals surface area contributed by atoms with E-state index in [4.69, 9.17) is 11.6 Å². The minimum Gasteiger partial charge on any atom is -0.317 e. The molecule has 1 aliphatic carbocycles. The van der Waals surface area contributed by atoms with E-state index in [1.807, 2.05) is 5.32 Å². The van der Waals surface area contributed by atoms with Gasteiger partial charge in [0, 0.05) is 6.42 Å². The highest BCUT2D eigenvalue weighted by molar-refractivity contribution is 6.35. The molecule has 150 valence electrons. The third-order valence-electron chi connectivity index (χ3n) is 5.51. The van der Waals surface area contributed by atoms with E-state index >= 15 is 0 Å². The third-order valence-corrected chi connectivity index (χ3v) is 5.82. The highest BCUT2D eigenvalue weighted by Crippen LogP contribution is 2.44. The van der Waals surface area contributed by atoms with Gasteiger partial charge in [-0.1, -0.05) is 43.4 Å². The van der Waals surface area contributed by atoms with E-state index in [9.17, 15) is 22.8 Å². The van der Waals surface area contributed by atoms with Gasteiger partial charge >= 0.3 is 6.18 Å². The quantitative estimate of drug-likeness (QED) is 0.795. The average Bonchev–Trinajstić information content (AvgIpc) is 3.30. The zero-order chi connectivity index (χ0) is 20.1. The number of rotatable bonds is 4. The highest BCUT2D eigenvalue weighted by Gasteiger charge is 2.67. The summed E-state index contributed by atoms with van der Waals surface area (Å²) in [5.74, 6) is -2.18. The molecule has 1 aromatic carbocycles.